The third-order valence-corrected chi connectivity index (χ3v) is 3.01. The van der Waals surface area contributed by atoms with Gasteiger partial charge in [-0.25, -0.2) is 0 Å². The molecular weight excluding hydrogens is 236 g/mol. The summed E-state index contributed by atoms with van der Waals surface area (Å²) in [5, 5.41) is 0. The molecule has 1 heterocycles. The van der Waals surface area contributed by atoms with Crippen LogP contribution in [0.15, 0.2) is 48.8 Å². The summed E-state index contributed by atoms with van der Waals surface area (Å²) in [7, 11) is 0. The van der Waals surface area contributed by atoms with Crippen LogP contribution in [0.3, 0.4) is 0 Å². The fraction of sp³-hybridized carbons (Fsp3) is 0.312. The molecule has 19 heavy (non-hydrogen) atoms. The lowest BCUT2D eigenvalue weighted by atomic mass is 10.1. The Morgan fingerprint density at radius 3 is 2.74 bits per heavy atom. The van der Waals surface area contributed by atoms with Crippen LogP contribution in [0.25, 0.3) is 0 Å². The number of hydrogen-bond donors (Lipinski definition) is 1. The maximum absolute atomic E-state index is 5.85. The molecule has 0 aliphatic carbocycles. The fourth-order valence-corrected chi connectivity index (χ4v) is 1.90. The summed E-state index contributed by atoms with van der Waals surface area (Å²) in [5.41, 5.74) is 8.25. The van der Waals surface area contributed by atoms with Crippen molar-refractivity contribution in [3.8, 4) is 5.75 Å². The van der Waals surface area contributed by atoms with Gasteiger partial charge in [-0.2, -0.15) is 0 Å². The highest BCUT2D eigenvalue weighted by Crippen LogP contribution is 2.17. The third kappa shape index (κ3) is 4.38. The summed E-state index contributed by atoms with van der Waals surface area (Å²) in [4.78, 5) is 4.00. The Morgan fingerprint density at radius 2 is 2.00 bits per heavy atom. The van der Waals surface area contributed by atoms with Gasteiger partial charge in [-0.3, -0.25) is 4.98 Å². The van der Waals surface area contributed by atoms with Gasteiger partial charge in [0.05, 0.1) is 6.61 Å². The first kappa shape index (κ1) is 13.6. The molecule has 0 amide bonds. The SMILES string of the molecule is CC(N)c1cccc(OCCCc2ccncc2)c1. The topological polar surface area (TPSA) is 48.1 Å². The largest absolute Gasteiger partial charge is 0.494 e. The van der Waals surface area contributed by atoms with Gasteiger partial charge in [0.15, 0.2) is 0 Å². The average molecular weight is 256 g/mol. The second kappa shape index (κ2) is 6.90. The Morgan fingerprint density at radius 1 is 1.21 bits per heavy atom. The van der Waals surface area contributed by atoms with Crippen LogP contribution in [0, 0.1) is 0 Å². The van der Waals surface area contributed by atoms with Gasteiger partial charge < -0.3 is 10.5 Å². The second-order valence-corrected chi connectivity index (χ2v) is 4.67. The smallest absolute Gasteiger partial charge is 0.119 e. The highest BCUT2D eigenvalue weighted by molar-refractivity contribution is 5.30. The maximum atomic E-state index is 5.85. The van der Waals surface area contributed by atoms with Crippen molar-refractivity contribution < 1.29 is 4.74 Å². The van der Waals surface area contributed by atoms with Gasteiger partial charge >= 0.3 is 0 Å². The van der Waals surface area contributed by atoms with Crippen molar-refractivity contribution in [1.29, 1.82) is 0 Å². The quantitative estimate of drug-likeness (QED) is 0.808. The molecule has 0 spiro atoms. The van der Waals surface area contributed by atoms with Crippen molar-refractivity contribution >= 4 is 0 Å². The van der Waals surface area contributed by atoms with Crippen LogP contribution in [0.4, 0.5) is 0 Å². The standard InChI is InChI=1S/C16H20N2O/c1-13(17)15-5-2-6-16(12-15)19-11-3-4-14-7-9-18-10-8-14/h2,5-10,12-13H,3-4,11,17H2,1H3. The van der Waals surface area contributed by atoms with Crippen LogP contribution >= 0.6 is 0 Å². The summed E-state index contributed by atoms with van der Waals surface area (Å²) in [5.74, 6) is 0.893. The van der Waals surface area contributed by atoms with Gasteiger partial charge in [0, 0.05) is 18.4 Å². The summed E-state index contributed by atoms with van der Waals surface area (Å²) in [6.07, 6.45) is 5.65. The molecule has 0 bridgehead atoms. The zero-order valence-corrected chi connectivity index (χ0v) is 11.3. The van der Waals surface area contributed by atoms with Crippen LogP contribution in [0.1, 0.15) is 30.5 Å². The minimum absolute atomic E-state index is 0.0420. The first-order chi connectivity index (χ1) is 9.25. The maximum Gasteiger partial charge on any atom is 0.119 e. The van der Waals surface area contributed by atoms with E-state index in [0.717, 1.165) is 24.2 Å². The molecule has 3 heteroatoms. The number of aromatic nitrogens is 1. The highest BCUT2D eigenvalue weighted by Gasteiger charge is 2.01. The van der Waals surface area contributed by atoms with Gasteiger partial charge in [0.1, 0.15) is 5.75 Å². The third-order valence-electron chi connectivity index (χ3n) is 3.01. The van der Waals surface area contributed by atoms with E-state index in [4.69, 9.17) is 10.5 Å². The number of rotatable bonds is 6. The zero-order chi connectivity index (χ0) is 13.5. The van der Waals surface area contributed by atoms with Crippen LogP contribution in [-0.2, 0) is 6.42 Å². The molecule has 0 fully saturated rings. The zero-order valence-electron chi connectivity index (χ0n) is 11.3. The first-order valence-electron chi connectivity index (χ1n) is 6.63. The number of aryl methyl sites for hydroxylation is 1. The lowest BCUT2D eigenvalue weighted by Crippen LogP contribution is -2.05. The van der Waals surface area contributed by atoms with E-state index < -0.39 is 0 Å². The average Bonchev–Trinajstić information content (AvgIpc) is 2.45. The number of nitrogens with two attached hydrogens (primary N) is 1. The number of hydrogen-bond acceptors (Lipinski definition) is 3. The van der Waals surface area contributed by atoms with Crippen molar-refractivity contribution in [2.45, 2.75) is 25.8 Å². The fourth-order valence-electron chi connectivity index (χ4n) is 1.90. The van der Waals surface area contributed by atoms with Crippen LogP contribution < -0.4 is 10.5 Å². The Kier molecular flexibility index (Phi) is 4.93. The monoisotopic (exact) mass is 256 g/mol. The van der Waals surface area contributed by atoms with E-state index in [0.29, 0.717) is 6.61 Å². The molecule has 1 unspecified atom stereocenters. The first-order valence-corrected chi connectivity index (χ1v) is 6.63. The van der Waals surface area contributed by atoms with Crippen molar-refractivity contribution in [2.75, 3.05) is 6.61 Å². The lowest BCUT2D eigenvalue weighted by molar-refractivity contribution is 0.310. The van der Waals surface area contributed by atoms with E-state index in [9.17, 15) is 0 Å². The lowest BCUT2D eigenvalue weighted by Gasteiger charge is -2.10. The Bertz CT molecular complexity index is 497. The minimum Gasteiger partial charge on any atom is -0.494 e. The molecule has 100 valence electrons. The van der Waals surface area contributed by atoms with E-state index in [2.05, 4.69) is 4.98 Å². The van der Waals surface area contributed by atoms with E-state index in [1.165, 1.54) is 5.56 Å². The van der Waals surface area contributed by atoms with Crippen LogP contribution in [0.2, 0.25) is 0 Å². The van der Waals surface area contributed by atoms with Gasteiger partial charge in [-0.05, 0) is 55.2 Å². The Balaban J connectivity index is 1.78. The van der Waals surface area contributed by atoms with Crippen LogP contribution in [-0.4, -0.2) is 11.6 Å². The molecule has 0 aliphatic rings. The minimum atomic E-state index is 0.0420. The number of ether oxygens (including phenoxy) is 1. The normalized spacial score (nSPS) is 12.1. The number of pyridine rings is 1. The summed E-state index contributed by atoms with van der Waals surface area (Å²) in [6.45, 7) is 2.69. The van der Waals surface area contributed by atoms with E-state index in [1.807, 2.05) is 55.7 Å². The van der Waals surface area contributed by atoms with E-state index in [1.54, 1.807) is 0 Å². The van der Waals surface area contributed by atoms with Crippen molar-refractivity contribution in [1.82, 2.24) is 4.98 Å². The van der Waals surface area contributed by atoms with Crippen molar-refractivity contribution in [2.24, 2.45) is 5.73 Å². The summed E-state index contributed by atoms with van der Waals surface area (Å²) in [6, 6.07) is 12.1. The molecule has 1 aromatic carbocycles. The molecule has 1 aromatic heterocycles. The summed E-state index contributed by atoms with van der Waals surface area (Å²) >= 11 is 0. The molecule has 2 N–H and O–H groups in total. The van der Waals surface area contributed by atoms with Gasteiger partial charge in [-0.15, -0.1) is 0 Å². The molecule has 0 aliphatic heterocycles. The molecule has 2 rings (SSSR count). The molecule has 0 saturated carbocycles. The molecule has 0 saturated heterocycles. The summed E-state index contributed by atoms with van der Waals surface area (Å²) < 4.78 is 5.75. The highest BCUT2D eigenvalue weighted by atomic mass is 16.5. The predicted molar refractivity (Wildman–Crippen MR) is 77.1 cm³/mol. The van der Waals surface area contributed by atoms with Gasteiger partial charge in [0.2, 0.25) is 0 Å². The van der Waals surface area contributed by atoms with E-state index in [-0.39, 0.29) is 6.04 Å². The molecule has 0 radical (unpaired) electrons. The van der Waals surface area contributed by atoms with Crippen LogP contribution in [0.5, 0.6) is 5.75 Å². The molecule has 3 nitrogen and oxygen atoms in total. The van der Waals surface area contributed by atoms with Gasteiger partial charge in [-0.1, -0.05) is 12.1 Å². The van der Waals surface area contributed by atoms with E-state index >= 15 is 0 Å². The number of benzene rings is 1. The molecule has 1 atom stereocenters. The van der Waals surface area contributed by atoms with Crippen molar-refractivity contribution in [3.63, 3.8) is 0 Å². The number of nitrogens with zero attached hydrogens (tertiary/aromatic N) is 1. The Labute approximate surface area is 114 Å². The Hall–Kier alpha value is -1.87. The molecular formula is C16H20N2O. The predicted octanol–water partition coefficient (Wildman–Crippen LogP) is 3.11. The molecule has 2 aromatic rings. The van der Waals surface area contributed by atoms with Gasteiger partial charge in [0.25, 0.3) is 0 Å². The van der Waals surface area contributed by atoms with Crippen molar-refractivity contribution in [3.05, 3.63) is 59.9 Å². The second-order valence-electron chi connectivity index (χ2n) is 4.67.